The molecule has 6 aromatic rings. The molecule has 7 rings (SSSR count). The lowest BCUT2D eigenvalue weighted by Gasteiger charge is -2.30. The number of imidazole rings is 2. The van der Waals surface area contributed by atoms with Gasteiger partial charge in [-0.15, -0.1) is 25.3 Å². The van der Waals surface area contributed by atoms with E-state index in [0.29, 0.717) is 0 Å². The lowest BCUT2D eigenvalue weighted by molar-refractivity contribution is 0.533. The van der Waals surface area contributed by atoms with E-state index in [9.17, 15) is 0 Å². The maximum atomic E-state index is 5.37. The molecule has 2 aromatic heterocycles. The molecule has 0 fully saturated rings. The molecule has 0 spiro atoms. The Labute approximate surface area is 257 Å². The van der Waals surface area contributed by atoms with Gasteiger partial charge < -0.3 is 9.13 Å². The van der Waals surface area contributed by atoms with Crippen LogP contribution in [0.4, 0.5) is 0 Å². The Bertz CT molecular complexity index is 1810. The molecule has 1 aliphatic heterocycles. The summed E-state index contributed by atoms with van der Waals surface area (Å²) in [4.78, 5) is 12.6. The molecular weight excluding hydrogens is 553 g/mol. The minimum absolute atomic E-state index is 0.376. The number of hydrogen-bond donors (Lipinski definition) is 2. The van der Waals surface area contributed by atoms with Crippen molar-refractivity contribution < 1.29 is 0 Å². The third-order valence-corrected chi connectivity index (χ3v) is 9.53. The van der Waals surface area contributed by atoms with Gasteiger partial charge >= 0.3 is 0 Å². The maximum absolute atomic E-state index is 5.37. The van der Waals surface area contributed by atoms with Crippen molar-refractivity contribution in [1.82, 2.24) is 19.1 Å². The van der Waals surface area contributed by atoms with Gasteiger partial charge in [-0.3, -0.25) is 0 Å². The van der Waals surface area contributed by atoms with Gasteiger partial charge in [0, 0.05) is 50.1 Å². The topological polar surface area (TPSA) is 35.6 Å². The molecule has 3 heterocycles. The highest BCUT2D eigenvalue weighted by molar-refractivity contribution is 7.80. The molecule has 0 aliphatic carbocycles. The van der Waals surface area contributed by atoms with E-state index in [2.05, 4.69) is 134 Å². The normalized spacial score (nSPS) is 14.8. The molecule has 0 unspecified atom stereocenters. The molecule has 1 aliphatic rings. The fourth-order valence-electron chi connectivity index (χ4n) is 6.23. The first-order valence-electron chi connectivity index (χ1n) is 14.1. The van der Waals surface area contributed by atoms with Crippen LogP contribution in [0.15, 0.2) is 119 Å². The van der Waals surface area contributed by atoms with Crippen LogP contribution in [-0.4, -0.2) is 19.1 Å². The van der Waals surface area contributed by atoms with Gasteiger partial charge in [0.2, 0.25) is 0 Å². The van der Waals surface area contributed by atoms with Gasteiger partial charge in [0.1, 0.15) is 11.6 Å². The Hall–Kier alpha value is -4.00. The SMILES string of the molecule is CC1(C)c2cccc(c2S)-c2cn(-c3ccccc3)c(n2)C(C)(C)c2nc(cn2-c2ccccc2)-c2cccc1c2S. The van der Waals surface area contributed by atoms with Gasteiger partial charge in [-0.2, -0.15) is 0 Å². The number of fused-ring (bicyclic) bond motifs is 10. The first-order valence-corrected chi connectivity index (χ1v) is 15.0. The Kier molecular flexibility index (Phi) is 6.26. The van der Waals surface area contributed by atoms with Crippen molar-refractivity contribution in [3.8, 4) is 33.9 Å². The molecule has 0 saturated heterocycles. The zero-order valence-electron chi connectivity index (χ0n) is 24.1. The maximum Gasteiger partial charge on any atom is 0.127 e. The first-order chi connectivity index (χ1) is 20.2. The van der Waals surface area contributed by atoms with Crippen LogP contribution >= 0.6 is 25.3 Å². The van der Waals surface area contributed by atoms with E-state index in [1.165, 1.54) is 0 Å². The summed E-state index contributed by atoms with van der Waals surface area (Å²) in [6, 6.07) is 33.6. The Morgan fingerprint density at radius 2 is 0.905 bits per heavy atom. The van der Waals surface area contributed by atoms with E-state index in [0.717, 1.165) is 66.5 Å². The van der Waals surface area contributed by atoms with Gasteiger partial charge in [-0.05, 0) is 49.2 Å². The van der Waals surface area contributed by atoms with E-state index in [4.69, 9.17) is 35.2 Å². The van der Waals surface area contributed by atoms with Crippen LogP contribution in [0.3, 0.4) is 0 Å². The summed E-state index contributed by atoms with van der Waals surface area (Å²) < 4.78 is 4.40. The van der Waals surface area contributed by atoms with Crippen LogP contribution in [0, 0.1) is 0 Å². The minimum atomic E-state index is -0.589. The van der Waals surface area contributed by atoms with Gasteiger partial charge in [0.05, 0.1) is 16.8 Å². The lowest BCUT2D eigenvalue weighted by Crippen LogP contribution is -2.28. The summed E-state index contributed by atoms with van der Waals surface area (Å²) in [5, 5.41) is 0. The van der Waals surface area contributed by atoms with E-state index >= 15 is 0 Å². The summed E-state index contributed by atoms with van der Waals surface area (Å²) in [7, 11) is 0. The smallest absolute Gasteiger partial charge is 0.127 e. The second-order valence-corrected chi connectivity index (χ2v) is 12.9. The summed E-state index contributed by atoms with van der Waals surface area (Å²) in [5.74, 6) is 1.79. The molecule has 0 N–H and O–H groups in total. The number of aromatic nitrogens is 4. The predicted octanol–water partition coefficient (Wildman–Crippen LogP) is 8.93. The molecule has 42 heavy (non-hydrogen) atoms. The van der Waals surface area contributed by atoms with Crippen molar-refractivity contribution in [2.45, 2.75) is 48.3 Å². The fraction of sp³-hybridized carbons (Fsp3) is 0.167. The summed E-state index contributed by atoms with van der Waals surface area (Å²) in [6.07, 6.45) is 4.28. The highest BCUT2D eigenvalue weighted by atomic mass is 32.1. The highest BCUT2D eigenvalue weighted by Crippen LogP contribution is 2.45. The first kappa shape index (κ1) is 26.9. The molecule has 6 heteroatoms. The van der Waals surface area contributed by atoms with Crippen LogP contribution in [0.1, 0.15) is 50.5 Å². The average Bonchev–Trinajstić information content (AvgIpc) is 3.65. The summed E-state index contributed by atoms with van der Waals surface area (Å²) in [5.41, 5.74) is 7.11. The Balaban J connectivity index is 1.62. The largest absolute Gasteiger partial charge is 0.302 e. The van der Waals surface area contributed by atoms with Crippen molar-refractivity contribution in [2.24, 2.45) is 0 Å². The minimum Gasteiger partial charge on any atom is -0.302 e. The molecule has 0 saturated carbocycles. The van der Waals surface area contributed by atoms with Crippen LogP contribution in [0.25, 0.3) is 33.9 Å². The standard InChI is InChI=1S/C36H32N4S2/c1-35(2)27-19-11-17-25(31(27)41)29-21-39(23-13-7-5-8-14-23)33(37-29)36(3,4)34-38-30(26-18-12-20-28(35)32(26)42)22-40(34)24-15-9-6-10-16-24/h5-22,41-42H,1-4H3. The second-order valence-electron chi connectivity index (χ2n) is 12.0. The monoisotopic (exact) mass is 584 g/mol. The number of para-hydroxylation sites is 2. The molecule has 0 amide bonds. The summed E-state index contributed by atoms with van der Waals surface area (Å²) in [6.45, 7) is 8.88. The van der Waals surface area contributed by atoms with Crippen LogP contribution in [0.5, 0.6) is 0 Å². The number of nitrogens with zero attached hydrogens (tertiary/aromatic N) is 4. The number of thiol groups is 2. The van der Waals surface area contributed by atoms with Crippen LogP contribution in [0.2, 0.25) is 0 Å². The van der Waals surface area contributed by atoms with E-state index < -0.39 is 5.41 Å². The Morgan fingerprint density at radius 1 is 0.500 bits per heavy atom. The average molecular weight is 585 g/mol. The predicted molar refractivity (Wildman–Crippen MR) is 177 cm³/mol. The fourth-order valence-corrected chi connectivity index (χ4v) is 7.31. The second kappa shape index (κ2) is 9.79. The van der Waals surface area contributed by atoms with E-state index in [1.54, 1.807) is 0 Å². The molecule has 8 bridgehead atoms. The lowest BCUT2D eigenvalue weighted by atomic mass is 9.76. The molecule has 4 aromatic carbocycles. The van der Waals surface area contributed by atoms with E-state index in [-0.39, 0.29) is 5.41 Å². The Morgan fingerprint density at radius 3 is 1.31 bits per heavy atom. The number of hydrogen-bond acceptors (Lipinski definition) is 4. The zero-order chi connectivity index (χ0) is 29.2. The molecule has 4 nitrogen and oxygen atoms in total. The van der Waals surface area contributed by atoms with Gasteiger partial charge in [-0.25, -0.2) is 9.97 Å². The number of benzene rings is 4. The molecule has 0 atom stereocenters. The number of rotatable bonds is 2. The van der Waals surface area contributed by atoms with Gasteiger partial charge in [0.25, 0.3) is 0 Å². The molecule has 0 radical (unpaired) electrons. The van der Waals surface area contributed by atoms with Crippen LogP contribution in [-0.2, 0) is 10.8 Å². The van der Waals surface area contributed by atoms with Crippen molar-refractivity contribution in [3.63, 3.8) is 0 Å². The van der Waals surface area contributed by atoms with Gasteiger partial charge in [0.15, 0.2) is 0 Å². The van der Waals surface area contributed by atoms with E-state index in [1.807, 2.05) is 12.1 Å². The van der Waals surface area contributed by atoms with Crippen LogP contribution < -0.4 is 0 Å². The third kappa shape index (κ3) is 4.08. The van der Waals surface area contributed by atoms with Crippen molar-refractivity contribution in [3.05, 3.63) is 132 Å². The molecule has 208 valence electrons. The molecular formula is C36H32N4S2. The van der Waals surface area contributed by atoms with Crippen molar-refractivity contribution >= 4 is 25.3 Å². The summed E-state index contributed by atoms with van der Waals surface area (Å²) >= 11 is 10.3. The zero-order valence-corrected chi connectivity index (χ0v) is 25.9. The van der Waals surface area contributed by atoms with Crippen molar-refractivity contribution in [1.29, 1.82) is 0 Å². The quantitative estimate of drug-likeness (QED) is 0.199. The highest BCUT2D eigenvalue weighted by Gasteiger charge is 2.37. The van der Waals surface area contributed by atoms with Gasteiger partial charge in [-0.1, -0.05) is 86.6 Å². The van der Waals surface area contributed by atoms with Crippen molar-refractivity contribution in [2.75, 3.05) is 0 Å². The third-order valence-electron chi connectivity index (χ3n) is 8.57.